The highest BCUT2D eigenvalue weighted by atomic mass is 16.5. The standard InChI is InChI=1S/C32H26O10/c1-39-21-9-19(10-22(15-21)40-2)29(35)31(37)25-7-5-17(13-27(25)33)18-6-8-26(28(34)14-18)32(38)30(36)20-11-23(41-3)16-24(12-20)42-4/h5-16,33-34H,1-4H3. The number of phenolic OH excluding ortho intramolecular Hbond substituents is 2. The molecule has 2 N–H and O–H groups in total. The Morgan fingerprint density at radius 2 is 0.762 bits per heavy atom. The van der Waals surface area contributed by atoms with Crippen LogP contribution in [0.15, 0.2) is 72.8 Å². The fraction of sp³-hybridized carbons (Fsp3) is 0.125. The van der Waals surface area contributed by atoms with Gasteiger partial charge in [-0.25, -0.2) is 0 Å². The van der Waals surface area contributed by atoms with E-state index in [-0.39, 0.29) is 22.3 Å². The highest BCUT2D eigenvalue weighted by Gasteiger charge is 2.25. The molecule has 42 heavy (non-hydrogen) atoms. The molecule has 0 fully saturated rings. The lowest BCUT2D eigenvalue weighted by Crippen LogP contribution is -2.15. The number of phenols is 2. The van der Waals surface area contributed by atoms with Gasteiger partial charge in [0.15, 0.2) is 0 Å². The molecule has 0 saturated carbocycles. The second-order valence-electron chi connectivity index (χ2n) is 8.98. The Hall–Kier alpha value is -5.64. The zero-order valence-corrected chi connectivity index (χ0v) is 23.1. The van der Waals surface area contributed by atoms with Crippen molar-refractivity contribution < 1.29 is 48.3 Å². The maximum absolute atomic E-state index is 12.9. The lowest BCUT2D eigenvalue weighted by molar-refractivity contribution is 0.0815. The van der Waals surface area contributed by atoms with Crippen molar-refractivity contribution in [1.29, 1.82) is 0 Å². The summed E-state index contributed by atoms with van der Waals surface area (Å²) >= 11 is 0. The number of hydrogen-bond acceptors (Lipinski definition) is 10. The quantitative estimate of drug-likeness (QED) is 0.188. The molecule has 0 saturated heterocycles. The number of methoxy groups -OCH3 is 4. The normalized spacial score (nSPS) is 10.5. The van der Waals surface area contributed by atoms with Crippen molar-refractivity contribution in [3.05, 3.63) is 95.1 Å². The van der Waals surface area contributed by atoms with Gasteiger partial charge in [0.1, 0.15) is 34.5 Å². The summed E-state index contributed by atoms with van der Waals surface area (Å²) in [6.07, 6.45) is 0. The summed E-state index contributed by atoms with van der Waals surface area (Å²) in [5.74, 6) is -3.34. The third kappa shape index (κ3) is 5.92. The highest BCUT2D eigenvalue weighted by Crippen LogP contribution is 2.32. The van der Waals surface area contributed by atoms with Crippen LogP contribution in [0.25, 0.3) is 11.1 Å². The number of carbonyl (C=O) groups is 4. The van der Waals surface area contributed by atoms with Crippen molar-refractivity contribution in [3.8, 4) is 45.6 Å². The average molecular weight is 571 g/mol. The van der Waals surface area contributed by atoms with Gasteiger partial charge in [-0.15, -0.1) is 0 Å². The molecule has 0 aromatic heterocycles. The summed E-state index contributed by atoms with van der Waals surface area (Å²) in [7, 11) is 5.63. The highest BCUT2D eigenvalue weighted by molar-refractivity contribution is 6.50. The van der Waals surface area contributed by atoms with Gasteiger partial charge in [-0.3, -0.25) is 19.2 Å². The summed E-state index contributed by atoms with van der Waals surface area (Å²) in [6, 6.07) is 16.6. The molecule has 4 rings (SSSR count). The Labute approximate surface area is 240 Å². The topological polar surface area (TPSA) is 146 Å². The maximum Gasteiger partial charge on any atom is 0.237 e. The number of rotatable bonds is 11. The van der Waals surface area contributed by atoms with E-state index in [2.05, 4.69) is 0 Å². The Morgan fingerprint density at radius 3 is 1.02 bits per heavy atom. The first-order chi connectivity index (χ1) is 20.1. The largest absolute Gasteiger partial charge is 0.507 e. The molecule has 0 atom stereocenters. The Bertz CT molecular complexity index is 1550. The van der Waals surface area contributed by atoms with Crippen molar-refractivity contribution in [1.82, 2.24) is 0 Å². The van der Waals surface area contributed by atoms with E-state index in [1.165, 1.54) is 89.1 Å². The molecular formula is C32H26O10. The Balaban J connectivity index is 1.58. The van der Waals surface area contributed by atoms with Crippen LogP contribution in [0, 0.1) is 0 Å². The smallest absolute Gasteiger partial charge is 0.237 e. The summed E-state index contributed by atoms with van der Waals surface area (Å²) < 4.78 is 20.6. The van der Waals surface area contributed by atoms with E-state index in [9.17, 15) is 29.4 Å². The van der Waals surface area contributed by atoms with Gasteiger partial charge in [0.05, 0.1) is 39.6 Å². The van der Waals surface area contributed by atoms with Gasteiger partial charge in [0.25, 0.3) is 0 Å². The van der Waals surface area contributed by atoms with Gasteiger partial charge < -0.3 is 29.2 Å². The van der Waals surface area contributed by atoms with E-state index >= 15 is 0 Å². The Morgan fingerprint density at radius 1 is 0.452 bits per heavy atom. The van der Waals surface area contributed by atoms with E-state index in [0.29, 0.717) is 34.1 Å². The first-order valence-corrected chi connectivity index (χ1v) is 12.4. The summed E-state index contributed by atoms with van der Waals surface area (Å²) in [5.41, 5.74) is 0.315. The first kappa shape index (κ1) is 29.3. The molecule has 0 aliphatic carbocycles. The van der Waals surface area contributed by atoms with E-state index in [0.717, 1.165) is 0 Å². The van der Waals surface area contributed by atoms with Crippen LogP contribution in [0.4, 0.5) is 0 Å². The van der Waals surface area contributed by atoms with Crippen LogP contribution in [0.5, 0.6) is 34.5 Å². The predicted molar refractivity (Wildman–Crippen MR) is 152 cm³/mol. The number of ketones is 4. The first-order valence-electron chi connectivity index (χ1n) is 12.4. The second-order valence-corrected chi connectivity index (χ2v) is 8.98. The minimum Gasteiger partial charge on any atom is -0.507 e. The minimum atomic E-state index is -0.953. The molecule has 0 bridgehead atoms. The van der Waals surface area contributed by atoms with Crippen LogP contribution >= 0.6 is 0 Å². The lowest BCUT2D eigenvalue weighted by Gasteiger charge is -2.11. The number of benzene rings is 4. The Kier molecular flexibility index (Phi) is 8.56. The van der Waals surface area contributed by atoms with Crippen molar-refractivity contribution in [3.63, 3.8) is 0 Å². The van der Waals surface area contributed by atoms with Gasteiger partial charge in [0, 0.05) is 23.3 Å². The predicted octanol–water partition coefficient (Wildman–Crippen LogP) is 4.93. The average Bonchev–Trinajstić information content (AvgIpc) is 3.02. The molecule has 0 radical (unpaired) electrons. The molecular weight excluding hydrogens is 544 g/mol. The third-order valence-electron chi connectivity index (χ3n) is 6.46. The molecule has 4 aromatic rings. The molecule has 10 heteroatoms. The van der Waals surface area contributed by atoms with Crippen LogP contribution in [-0.4, -0.2) is 61.8 Å². The van der Waals surface area contributed by atoms with Gasteiger partial charge in [-0.2, -0.15) is 0 Å². The summed E-state index contributed by atoms with van der Waals surface area (Å²) in [5, 5.41) is 21.2. The number of Topliss-reactive ketones (excluding diaryl/α,β-unsaturated/α-hetero) is 4. The second kappa shape index (κ2) is 12.3. The number of aromatic hydroxyl groups is 2. The number of hydrogen-bond donors (Lipinski definition) is 2. The van der Waals surface area contributed by atoms with E-state index < -0.39 is 34.6 Å². The SMILES string of the molecule is COc1cc(OC)cc(C(=O)C(=O)c2ccc(-c3ccc(C(=O)C(=O)c4cc(OC)cc(OC)c4)c(O)c3)cc2O)c1. The van der Waals surface area contributed by atoms with Crippen LogP contribution in [0.1, 0.15) is 41.4 Å². The van der Waals surface area contributed by atoms with Crippen LogP contribution < -0.4 is 18.9 Å². The molecule has 0 unspecified atom stereocenters. The van der Waals surface area contributed by atoms with Gasteiger partial charge >= 0.3 is 0 Å². The van der Waals surface area contributed by atoms with Crippen molar-refractivity contribution in [2.45, 2.75) is 0 Å². The fourth-order valence-electron chi connectivity index (χ4n) is 4.19. The van der Waals surface area contributed by atoms with E-state index in [1.54, 1.807) is 12.1 Å². The van der Waals surface area contributed by atoms with Crippen LogP contribution in [0.2, 0.25) is 0 Å². The molecule has 0 aliphatic rings. The summed E-state index contributed by atoms with van der Waals surface area (Å²) in [6.45, 7) is 0. The van der Waals surface area contributed by atoms with Crippen molar-refractivity contribution >= 4 is 23.1 Å². The molecule has 0 spiro atoms. The third-order valence-corrected chi connectivity index (χ3v) is 6.46. The number of ether oxygens (including phenoxy) is 4. The monoisotopic (exact) mass is 570 g/mol. The molecule has 0 aliphatic heterocycles. The molecule has 4 aromatic carbocycles. The fourth-order valence-corrected chi connectivity index (χ4v) is 4.19. The van der Waals surface area contributed by atoms with E-state index in [1.807, 2.05) is 0 Å². The van der Waals surface area contributed by atoms with Crippen molar-refractivity contribution in [2.24, 2.45) is 0 Å². The minimum absolute atomic E-state index is 0.0202. The van der Waals surface area contributed by atoms with Gasteiger partial charge in [-0.1, -0.05) is 12.1 Å². The van der Waals surface area contributed by atoms with E-state index in [4.69, 9.17) is 18.9 Å². The molecule has 0 heterocycles. The van der Waals surface area contributed by atoms with Crippen LogP contribution in [0.3, 0.4) is 0 Å². The van der Waals surface area contributed by atoms with Crippen molar-refractivity contribution in [2.75, 3.05) is 28.4 Å². The molecule has 0 amide bonds. The molecule has 214 valence electrons. The zero-order chi connectivity index (χ0) is 30.6. The van der Waals surface area contributed by atoms with Gasteiger partial charge in [-0.05, 0) is 59.7 Å². The zero-order valence-electron chi connectivity index (χ0n) is 23.1. The lowest BCUT2D eigenvalue weighted by atomic mass is 9.95. The van der Waals surface area contributed by atoms with Gasteiger partial charge in [0.2, 0.25) is 23.1 Å². The van der Waals surface area contributed by atoms with Crippen LogP contribution in [-0.2, 0) is 0 Å². The summed E-state index contributed by atoms with van der Waals surface area (Å²) in [4.78, 5) is 51.6. The maximum atomic E-state index is 12.9. The molecule has 10 nitrogen and oxygen atoms in total. The number of carbonyl (C=O) groups excluding carboxylic acids is 4.